The number of para-hydroxylation sites is 1. The molecule has 0 aliphatic rings. The second-order valence-electron chi connectivity index (χ2n) is 4.54. The minimum Gasteiger partial charge on any atom is -0.478 e. The molecule has 0 aliphatic heterocycles. The second-order valence-corrected chi connectivity index (χ2v) is 4.54. The third kappa shape index (κ3) is 3.96. The molecule has 2 amide bonds. The molecule has 0 saturated carbocycles. The van der Waals surface area contributed by atoms with Gasteiger partial charge in [-0.15, -0.1) is 0 Å². The number of hydrogen-bond donors (Lipinski definition) is 2. The van der Waals surface area contributed by atoms with Gasteiger partial charge in [-0.2, -0.15) is 0 Å². The van der Waals surface area contributed by atoms with Crippen LogP contribution in [0.1, 0.15) is 16.8 Å². The van der Waals surface area contributed by atoms with Crippen LogP contribution in [-0.2, 0) is 0 Å². The predicted octanol–water partition coefficient (Wildman–Crippen LogP) is 1.48. The zero-order chi connectivity index (χ0) is 15.1. The first-order valence-electron chi connectivity index (χ1n) is 6.44. The SMILES string of the molecule is CNCCCN(C)C(=O)N(C)c1ccccc1C(=O)O. The first kappa shape index (κ1) is 16.0. The Balaban J connectivity index is 2.81. The van der Waals surface area contributed by atoms with E-state index >= 15 is 0 Å². The molecule has 0 unspecified atom stereocenters. The van der Waals surface area contributed by atoms with Crippen LogP contribution in [0.25, 0.3) is 0 Å². The summed E-state index contributed by atoms with van der Waals surface area (Å²) in [6, 6.07) is 6.24. The summed E-state index contributed by atoms with van der Waals surface area (Å²) in [7, 11) is 5.15. The Morgan fingerprint density at radius 2 is 1.90 bits per heavy atom. The number of benzene rings is 1. The number of rotatable bonds is 6. The van der Waals surface area contributed by atoms with Gasteiger partial charge in [-0.3, -0.25) is 4.90 Å². The second kappa shape index (κ2) is 7.49. The van der Waals surface area contributed by atoms with E-state index < -0.39 is 5.97 Å². The van der Waals surface area contributed by atoms with Gasteiger partial charge in [0.25, 0.3) is 0 Å². The van der Waals surface area contributed by atoms with Gasteiger partial charge in [-0.1, -0.05) is 12.1 Å². The summed E-state index contributed by atoms with van der Waals surface area (Å²) in [5, 5.41) is 12.2. The van der Waals surface area contributed by atoms with Crippen LogP contribution in [-0.4, -0.2) is 56.2 Å². The molecule has 110 valence electrons. The molecule has 0 fully saturated rings. The van der Waals surface area contributed by atoms with Crippen LogP contribution in [0, 0.1) is 0 Å². The zero-order valence-corrected chi connectivity index (χ0v) is 12.1. The van der Waals surface area contributed by atoms with Crippen molar-refractivity contribution in [3.63, 3.8) is 0 Å². The summed E-state index contributed by atoms with van der Waals surface area (Å²) >= 11 is 0. The molecule has 20 heavy (non-hydrogen) atoms. The molecule has 1 aromatic rings. The van der Waals surface area contributed by atoms with Crippen molar-refractivity contribution in [2.45, 2.75) is 6.42 Å². The Bertz CT molecular complexity index is 476. The van der Waals surface area contributed by atoms with Gasteiger partial charge >= 0.3 is 12.0 Å². The van der Waals surface area contributed by atoms with Crippen molar-refractivity contribution in [1.29, 1.82) is 0 Å². The number of nitrogens with zero attached hydrogens (tertiary/aromatic N) is 2. The fourth-order valence-corrected chi connectivity index (χ4v) is 1.89. The van der Waals surface area contributed by atoms with Gasteiger partial charge in [0.05, 0.1) is 11.3 Å². The van der Waals surface area contributed by atoms with E-state index in [4.69, 9.17) is 5.11 Å². The van der Waals surface area contributed by atoms with Crippen LogP contribution in [0.4, 0.5) is 10.5 Å². The lowest BCUT2D eigenvalue weighted by molar-refractivity contribution is 0.0697. The molecule has 2 N–H and O–H groups in total. The normalized spacial score (nSPS) is 10.2. The van der Waals surface area contributed by atoms with Gasteiger partial charge in [0.15, 0.2) is 0 Å². The van der Waals surface area contributed by atoms with E-state index in [0.717, 1.165) is 13.0 Å². The topological polar surface area (TPSA) is 72.9 Å². The molecule has 1 rings (SSSR count). The first-order chi connectivity index (χ1) is 9.49. The number of carboxylic acids is 1. The molecular weight excluding hydrogens is 258 g/mol. The van der Waals surface area contributed by atoms with Crippen molar-refractivity contribution >= 4 is 17.7 Å². The largest absolute Gasteiger partial charge is 0.478 e. The van der Waals surface area contributed by atoms with Crippen molar-refractivity contribution in [1.82, 2.24) is 10.2 Å². The Morgan fingerprint density at radius 3 is 2.50 bits per heavy atom. The number of urea groups is 1. The number of carbonyl (C=O) groups is 2. The Labute approximate surface area is 119 Å². The van der Waals surface area contributed by atoms with Gasteiger partial charge in [0, 0.05) is 20.6 Å². The van der Waals surface area contributed by atoms with Gasteiger partial charge in [-0.25, -0.2) is 9.59 Å². The van der Waals surface area contributed by atoms with Crippen LogP contribution >= 0.6 is 0 Å². The van der Waals surface area contributed by atoms with E-state index in [1.165, 1.54) is 11.0 Å². The van der Waals surface area contributed by atoms with Crippen molar-refractivity contribution in [3.05, 3.63) is 29.8 Å². The van der Waals surface area contributed by atoms with Crippen LogP contribution in [0.2, 0.25) is 0 Å². The van der Waals surface area contributed by atoms with Crippen LogP contribution < -0.4 is 10.2 Å². The van der Waals surface area contributed by atoms with E-state index in [-0.39, 0.29) is 11.6 Å². The monoisotopic (exact) mass is 279 g/mol. The minimum atomic E-state index is -1.04. The number of carbonyl (C=O) groups excluding carboxylic acids is 1. The van der Waals surface area contributed by atoms with Crippen molar-refractivity contribution < 1.29 is 14.7 Å². The summed E-state index contributed by atoms with van der Waals surface area (Å²) in [5.41, 5.74) is 0.512. The molecule has 0 aromatic heterocycles. The number of aromatic carboxylic acids is 1. The summed E-state index contributed by atoms with van der Waals surface area (Å²) in [6.45, 7) is 1.44. The van der Waals surface area contributed by atoms with Crippen molar-refractivity contribution in [2.24, 2.45) is 0 Å². The van der Waals surface area contributed by atoms with Crippen LogP contribution in [0.3, 0.4) is 0 Å². The Kier molecular flexibility index (Phi) is 5.99. The molecule has 0 heterocycles. The summed E-state index contributed by atoms with van der Waals surface area (Å²) in [6.07, 6.45) is 0.840. The molecule has 0 atom stereocenters. The van der Waals surface area contributed by atoms with Gasteiger partial charge in [0.2, 0.25) is 0 Å². The smallest absolute Gasteiger partial charge is 0.337 e. The van der Waals surface area contributed by atoms with E-state index in [1.807, 2.05) is 7.05 Å². The highest BCUT2D eigenvalue weighted by atomic mass is 16.4. The first-order valence-corrected chi connectivity index (χ1v) is 6.44. The molecule has 1 aromatic carbocycles. The molecule has 0 spiro atoms. The maximum Gasteiger partial charge on any atom is 0.337 e. The summed E-state index contributed by atoms with van der Waals surface area (Å²) in [4.78, 5) is 26.4. The lowest BCUT2D eigenvalue weighted by atomic mass is 10.1. The molecular formula is C14H21N3O3. The number of amides is 2. The Morgan fingerprint density at radius 1 is 1.25 bits per heavy atom. The highest BCUT2D eigenvalue weighted by Gasteiger charge is 2.20. The van der Waals surface area contributed by atoms with Crippen molar-refractivity contribution in [2.75, 3.05) is 39.1 Å². The van der Waals surface area contributed by atoms with Crippen LogP contribution in [0.5, 0.6) is 0 Å². The minimum absolute atomic E-state index is 0.118. The van der Waals surface area contributed by atoms with Gasteiger partial charge < -0.3 is 15.3 Å². The van der Waals surface area contributed by atoms with E-state index in [2.05, 4.69) is 5.32 Å². The zero-order valence-electron chi connectivity index (χ0n) is 12.1. The number of carboxylic acid groups (broad SMARTS) is 1. The average molecular weight is 279 g/mol. The summed E-state index contributed by atoms with van der Waals surface area (Å²) in [5.74, 6) is -1.04. The number of anilines is 1. The van der Waals surface area contributed by atoms with E-state index in [0.29, 0.717) is 12.2 Å². The standard InChI is InChI=1S/C14H21N3O3/c1-15-9-6-10-16(2)14(20)17(3)12-8-5-4-7-11(12)13(18)19/h4-5,7-8,15H,6,9-10H2,1-3H3,(H,18,19). The lowest BCUT2D eigenvalue weighted by Crippen LogP contribution is -2.40. The maximum absolute atomic E-state index is 12.3. The van der Waals surface area contributed by atoms with E-state index in [1.54, 1.807) is 37.2 Å². The van der Waals surface area contributed by atoms with Crippen LogP contribution in [0.15, 0.2) is 24.3 Å². The number of nitrogens with one attached hydrogen (secondary N) is 1. The highest BCUT2D eigenvalue weighted by Crippen LogP contribution is 2.20. The maximum atomic E-state index is 12.3. The molecule has 0 bridgehead atoms. The van der Waals surface area contributed by atoms with Gasteiger partial charge in [-0.05, 0) is 32.1 Å². The molecule has 6 heteroatoms. The van der Waals surface area contributed by atoms with Crippen molar-refractivity contribution in [3.8, 4) is 0 Å². The molecule has 0 radical (unpaired) electrons. The van der Waals surface area contributed by atoms with Gasteiger partial charge in [0.1, 0.15) is 0 Å². The predicted molar refractivity (Wildman–Crippen MR) is 78.4 cm³/mol. The average Bonchev–Trinajstić information content (AvgIpc) is 2.45. The third-order valence-corrected chi connectivity index (χ3v) is 3.03. The quantitative estimate of drug-likeness (QED) is 0.774. The molecule has 0 saturated heterocycles. The summed E-state index contributed by atoms with van der Waals surface area (Å²) < 4.78 is 0. The highest BCUT2D eigenvalue weighted by molar-refractivity contribution is 6.00. The fourth-order valence-electron chi connectivity index (χ4n) is 1.89. The lowest BCUT2D eigenvalue weighted by Gasteiger charge is -2.26. The Hall–Kier alpha value is -2.08. The third-order valence-electron chi connectivity index (χ3n) is 3.03. The molecule has 6 nitrogen and oxygen atoms in total. The fraction of sp³-hybridized carbons (Fsp3) is 0.429. The molecule has 0 aliphatic carbocycles. The van der Waals surface area contributed by atoms with E-state index in [9.17, 15) is 9.59 Å². The number of hydrogen-bond acceptors (Lipinski definition) is 3.